The summed E-state index contributed by atoms with van der Waals surface area (Å²) in [5.41, 5.74) is 6.96. The van der Waals surface area contributed by atoms with Crippen LogP contribution in [0.25, 0.3) is 0 Å². The van der Waals surface area contributed by atoms with Crippen LogP contribution in [-0.4, -0.2) is 12.6 Å². The number of nitrogens with zero attached hydrogens (tertiary/aromatic N) is 1. The molecule has 1 unspecified atom stereocenters. The molecular formula is C14H20N2O. The molecule has 1 atom stereocenters. The molecule has 0 bridgehead atoms. The third-order valence-electron chi connectivity index (χ3n) is 2.41. The summed E-state index contributed by atoms with van der Waals surface area (Å²) in [6.45, 7) is 2.67. The molecule has 0 aliphatic carbocycles. The summed E-state index contributed by atoms with van der Waals surface area (Å²) >= 11 is 0. The summed E-state index contributed by atoms with van der Waals surface area (Å²) in [6, 6.07) is 10.3. The van der Waals surface area contributed by atoms with Crippen LogP contribution in [-0.2, 0) is 6.42 Å². The molecule has 0 saturated carbocycles. The smallest absolute Gasteiger partial charge is 0.119 e. The van der Waals surface area contributed by atoms with Crippen molar-refractivity contribution in [1.29, 1.82) is 5.26 Å². The van der Waals surface area contributed by atoms with Crippen molar-refractivity contribution < 1.29 is 4.74 Å². The molecule has 0 saturated heterocycles. The molecule has 0 spiro atoms. The Morgan fingerprint density at radius 2 is 2.24 bits per heavy atom. The Labute approximate surface area is 103 Å². The van der Waals surface area contributed by atoms with E-state index in [-0.39, 0.29) is 6.04 Å². The van der Waals surface area contributed by atoms with Crippen molar-refractivity contribution in [3.63, 3.8) is 0 Å². The van der Waals surface area contributed by atoms with Crippen LogP contribution in [0.5, 0.6) is 5.75 Å². The van der Waals surface area contributed by atoms with Crippen LogP contribution >= 0.6 is 0 Å². The summed E-state index contributed by atoms with van der Waals surface area (Å²) in [5.74, 6) is 0.889. The number of nitriles is 1. The van der Waals surface area contributed by atoms with Gasteiger partial charge in [-0.1, -0.05) is 12.1 Å². The molecule has 0 heterocycles. The lowest BCUT2D eigenvalue weighted by atomic mass is 10.1. The Morgan fingerprint density at radius 3 is 2.94 bits per heavy atom. The molecule has 0 aliphatic rings. The lowest BCUT2D eigenvalue weighted by Crippen LogP contribution is -2.17. The van der Waals surface area contributed by atoms with Gasteiger partial charge < -0.3 is 10.5 Å². The molecule has 3 heteroatoms. The second-order valence-electron chi connectivity index (χ2n) is 4.29. The van der Waals surface area contributed by atoms with E-state index in [1.165, 1.54) is 5.56 Å². The number of hydrogen-bond donors (Lipinski definition) is 1. The lowest BCUT2D eigenvalue weighted by molar-refractivity contribution is 0.307. The van der Waals surface area contributed by atoms with E-state index in [0.717, 1.165) is 25.0 Å². The van der Waals surface area contributed by atoms with Crippen LogP contribution in [0.15, 0.2) is 24.3 Å². The third kappa shape index (κ3) is 5.94. The highest BCUT2D eigenvalue weighted by molar-refractivity contribution is 5.28. The van der Waals surface area contributed by atoms with Crippen LogP contribution in [0.4, 0.5) is 0 Å². The van der Waals surface area contributed by atoms with Gasteiger partial charge in [0.25, 0.3) is 0 Å². The van der Waals surface area contributed by atoms with Gasteiger partial charge in [0.2, 0.25) is 0 Å². The van der Waals surface area contributed by atoms with Gasteiger partial charge in [0.1, 0.15) is 5.75 Å². The number of hydrogen-bond acceptors (Lipinski definition) is 3. The van der Waals surface area contributed by atoms with E-state index in [9.17, 15) is 0 Å². The highest BCUT2D eigenvalue weighted by Crippen LogP contribution is 2.15. The standard InChI is InChI=1S/C14H20N2O/c1-12(16)10-13-6-5-7-14(11-13)17-9-4-2-3-8-15/h5-7,11-12H,2-4,9-10,16H2,1H3. The Morgan fingerprint density at radius 1 is 1.41 bits per heavy atom. The van der Waals surface area contributed by atoms with Crippen molar-refractivity contribution in [2.24, 2.45) is 5.73 Å². The molecule has 0 amide bonds. The minimum Gasteiger partial charge on any atom is -0.494 e. The zero-order valence-electron chi connectivity index (χ0n) is 10.4. The van der Waals surface area contributed by atoms with Crippen LogP contribution in [0.1, 0.15) is 31.7 Å². The highest BCUT2D eigenvalue weighted by Gasteiger charge is 2.00. The quantitative estimate of drug-likeness (QED) is 0.735. The molecule has 92 valence electrons. The molecule has 1 rings (SSSR count). The second-order valence-corrected chi connectivity index (χ2v) is 4.29. The van der Waals surface area contributed by atoms with Crippen LogP contribution in [0, 0.1) is 11.3 Å². The van der Waals surface area contributed by atoms with Crippen molar-refractivity contribution in [2.45, 2.75) is 38.6 Å². The predicted octanol–water partition coefficient (Wildman–Crippen LogP) is 2.65. The van der Waals surface area contributed by atoms with Gasteiger partial charge in [-0.15, -0.1) is 0 Å². The van der Waals surface area contributed by atoms with E-state index < -0.39 is 0 Å². The molecule has 3 nitrogen and oxygen atoms in total. The van der Waals surface area contributed by atoms with E-state index in [4.69, 9.17) is 15.7 Å². The van der Waals surface area contributed by atoms with E-state index >= 15 is 0 Å². The Kier molecular flexibility index (Phi) is 6.13. The maximum absolute atomic E-state index is 8.40. The molecule has 0 radical (unpaired) electrons. The van der Waals surface area contributed by atoms with Gasteiger partial charge in [-0.25, -0.2) is 0 Å². The Bertz CT molecular complexity index is 369. The number of ether oxygens (including phenoxy) is 1. The fourth-order valence-corrected chi connectivity index (χ4v) is 1.63. The third-order valence-corrected chi connectivity index (χ3v) is 2.41. The summed E-state index contributed by atoms with van der Waals surface area (Å²) in [5, 5.41) is 8.40. The van der Waals surface area contributed by atoms with E-state index in [1.807, 2.05) is 25.1 Å². The predicted molar refractivity (Wildman–Crippen MR) is 68.8 cm³/mol. The normalized spacial score (nSPS) is 11.8. The minimum absolute atomic E-state index is 0.167. The van der Waals surface area contributed by atoms with Gasteiger partial charge >= 0.3 is 0 Å². The van der Waals surface area contributed by atoms with Crippen molar-refractivity contribution in [3.05, 3.63) is 29.8 Å². The summed E-state index contributed by atoms with van der Waals surface area (Å²) in [4.78, 5) is 0. The van der Waals surface area contributed by atoms with Crippen LogP contribution in [0.2, 0.25) is 0 Å². The molecule has 0 aliphatic heterocycles. The largest absolute Gasteiger partial charge is 0.494 e. The fraction of sp³-hybridized carbons (Fsp3) is 0.500. The summed E-state index contributed by atoms with van der Waals surface area (Å²) in [6.07, 6.45) is 3.29. The topological polar surface area (TPSA) is 59.0 Å². The van der Waals surface area contributed by atoms with Gasteiger partial charge in [-0.3, -0.25) is 0 Å². The monoisotopic (exact) mass is 232 g/mol. The zero-order valence-corrected chi connectivity index (χ0v) is 10.4. The number of benzene rings is 1. The van der Waals surface area contributed by atoms with E-state index in [2.05, 4.69) is 12.1 Å². The number of unbranched alkanes of at least 4 members (excludes halogenated alkanes) is 2. The molecule has 2 N–H and O–H groups in total. The first-order chi connectivity index (χ1) is 8.22. The van der Waals surface area contributed by atoms with E-state index in [1.54, 1.807) is 0 Å². The Balaban J connectivity index is 2.35. The highest BCUT2D eigenvalue weighted by atomic mass is 16.5. The first kappa shape index (κ1) is 13.5. The van der Waals surface area contributed by atoms with Gasteiger partial charge in [-0.2, -0.15) is 5.26 Å². The summed E-state index contributed by atoms with van der Waals surface area (Å²) in [7, 11) is 0. The lowest BCUT2D eigenvalue weighted by Gasteiger charge is -2.09. The average Bonchev–Trinajstić information content (AvgIpc) is 2.28. The minimum atomic E-state index is 0.167. The first-order valence-electron chi connectivity index (χ1n) is 6.06. The fourth-order valence-electron chi connectivity index (χ4n) is 1.63. The zero-order chi connectivity index (χ0) is 12.5. The van der Waals surface area contributed by atoms with Crippen molar-refractivity contribution >= 4 is 0 Å². The SMILES string of the molecule is CC(N)Cc1cccc(OCCCCC#N)c1. The summed E-state index contributed by atoms with van der Waals surface area (Å²) < 4.78 is 5.62. The second kappa shape index (κ2) is 7.70. The average molecular weight is 232 g/mol. The van der Waals surface area contributed by atoms with Gasteiger partial charge in [0.15, 0.2) is 0 Å². The van der Waals surface area contributed by atoms with Gasteiger partial charge in [0.05, 0.1) is 12.7 Å². The van der Waals surface area contributed by atoms with Crippen LogP contribution < -0.4 is 10.5 Å². The Hall–Kier alpha value is -1.53. The maximum Gasteiger partial charge on any atom is 0.119 e. The van der Waals surface area contributed by atoms with Gasteiger partial charge in [-0.05, 0) is 43.9 Å². The number of rotatable bonds is 7. The van der Waals surface area contributed by atoms with Crippen molar-refractivity contribution in [2.75, 3.05) is 6.61 Å². The van der Waals surface area contributed by atoms with E-state index in [0.29, 0.717) is 13.0 Å². The van der Waals surface area contributed by atoms with Gasteiger partial charge in [0, 0.05) is 12.5 Å². The van der Waals surface area contributed by atoms with Crippen molar-refractivity contribution in [1.82, 2.24) is 0 Å². The maximum atomic E-state index is 8.40. The molecule has 1 aromatic carbocycles. The molecule has 0 fully saturated rings. The van der Waals surface area contributed by atoms with Crippen molar-refractivity contribution in [3.8, 4) is 11.8 Å². The first-order valence-corrected chi connectivity index (χ1v) is 6.06. The molecule has 17 heavy (non-hydrogen) atoms. The molecular weight excluding hydrogens is 212 g/mol. The number of nitrogens with two attached hydrogens (primary N) is 1. The molecule has 0 aromatic heterocycles. The molecule has 1 aromatic rings. The van der Waals surface area contributed by atoms with Crippen LogP contribution in [0.3, 0.4) is 0 Å².